The normalized spacial score (nSPS) is 11.7. The molecule has 0 fully saturated rings. The van der Waals surface area contributed by atoms with Gasteiger partial charge in [-0.05, 0) is 35.9 Å². The number of carbonyl (C=O) groups excluding carboxylic acids is 1. The lowest BCUT2D eigenvalue weighted by Crippen LogP contribution is -2.11. The summed E-state index contributed by atoms with van der Waals surface area (Å²) in [5, 5.41) is 9.76. The van der Waals surface area contributed by atoms with Gasteiger partial charge in [0.1, 0.15) is 11.7 Å². The maximum atomic E-state index is 12.9. The highest BCUT2D eigenvalue weighted by atomic mass is 35.5. The van der Waals surface area contributed by atoms with Crippen LogP contribution in [-0.2, 0) is 0 Å². The predicted molar refractivity (Wildman–Crippen MR) is 75.5 cm³/mol. The molecule has 2 nitrogen and oxygen atoms in total. The smallest absolute Gasteiger partial charge is 0.184 e. The second-order valence-corrected chi connectivity index (χ2v) is 4.92. The number of carbonyl (C=O) groups is 1. The first kappa shape index (κ1) is 14.5. The van der Waals surface area contributed by atoms with E-state index in [2.05, 4.69) is 0 Å². The highest BCUT2D eigenvalue weighted by molar-refractivity contribution is 6.42. The molecule has 20 heavy (non-hydrogen) atoms. The van der Waals surface area contributed by atoms with Gasteiger partial charge in [0.2, 0.25) is 0 Å². The first-order valence-corrected chi connectivity index (χ1v) is 6.43. The van der Waals surface area contributed by atoms with E-state index in [-0.39, 0.29) is 10.6 Å². The molecule has 1 unspecified atom stereocenters. The molecule has 1 atom stereocenters. The number of benzene rings is 2. The Kier molecular flexibility index (Phi) is 4.39. The minimum absolute atomic E-state index is 0.244. The van der Waals surface area contributed by atoms with Crippen molar-refractivity contribution in [1.29, 1.82) is 5.26 Å². The summed E-state index contributed by atoms with van der Waals surface area (Å²) in [4.78, 5) is 12.3. The molecule has 0 saturated heterocycles. The molecule has 100 valence electrons. The van der Waals surface area contributed by atoms with Gasteiger partial charge in [-0.2, -0.15) is 5.26 Å². The van der Waals surface area contributed by atoms with Crippen LogP contribution < -0.4 is 0 Å². The first-order valence-electron chi connectivity index (χ1n) is 5.67. The number of rotatable bonds is 3. The van der Waals surface area contributed by atoms with Gasteiger partial charge in [0.25, 0.3) is 0 Å². The van der Waals surface area contributed by atoms with Crippen molar-refractivity contribution in [2.75, 3.05) is 0 Å². The van der Waals surface area contributed by atoms with Crippen LogP contribution in [-0.4, -0.2) is 5.78 Å². The van der Waals surface area contributed by atoms with Crippen LogP contribution in [0.4, 0.5) is 4.39 Å². The molecule has 2 aromatic rings. The van der Waals surface area contributed by atoms with Gasteiger partial charge in [-0.15, -0.1) is 0 Å². The van der Waals surface area contributed by atoms with Gasteiger partial charge in [-0.3, -0.25) is 4.79 Å². The minimum Gasteiger partial charge on any atom is -0.292 e. The molecule has 0 saturated carbocycles. The fourth-order valence-corrected chi connectivity index (χ4v) is 2.05. The molecule has 0 radical (unpaired) electrons. The maximum Gasteiger partial charge on any atom is 0.184 e. The molecule has 5 heteroatoms. The van der Waals surface area contributed by atoms with Crippen LogP contribution in [0.2, 0.25) is 10.0 Å². The molecule has 0 spiro atoms. The summed E-state index contributed by atoms with van der Waals surface area (Å²) >= 11 is 11.6. The highest BCUT2D eigenvalue weighted by Crippen LogP contribution is 2.26. The quantitative estimate of drug-likeness (QED) is 0.776. The molecular weight excluding hydrogens is 300 g/mol. The van der Waals surface area contributed by atoms with Crippen molar-refractivity contribution in [2.24, 2.45) is 0 Å². The van der Waals surface area contributed by atoms with Gasteiger partial charge in [0.05, 0.1) is 16.1 Å². The molecule has 2 rings (SSSR count). The first-order chi connectivity index (χ1) is 9.52. The third kappa shape index (κ3) is 2.98. The zero-order valence-electron chi connectivity index (χ0n) is 10.1. The standard InChI is InChI=1S/C15H8Cl2FNO/c16-13-6-3-10(7-14(13)17)15(20)12(8-19)9-1-4-11(18)5-2-9/h1-7,12H. The number of hydrogen-bond donors (Lipinski definition) is 0. The van der Waals surface area contributed by atoms with Crippen LogP contribution in [0.1, 0.15) is 21.8 Å². The van der Waals surface area contributed by atoms with Gasteiger partial charge in [-0.1, -0.05) is 35.3 Å². The zero-order valence-corrected chi connectivity index (χ0v) is 11.6. The number of nitriles is 1. The van der Waals surface area contributed by atoms with E-state index in [1.165, 1.54) is 42.5 Å². The summed E-state index contributed by atoms with van der Waals surface area (Å²) in [7, 11) is 0. The number of nitrogens with zero attached hydrogens (tertiary/aromatic N) is 1. The average Bonchev–Trinajstić information content (AvgIpc) is 2.44. The molecule has 0 aliphatic carbocycles. The number of ketones is 1. The molecule has 0 N–H and O–H groups in total. The maximum absolute atomic E-state index is 12.9. The zero-order chi connectivity index (χ0) is 14.7. The summed E-state index contributed by atoms with van der Waals surface area (Å²) in [5.74, 6) is -1.84. The Balaban J connectivity index is 2.36. The molecule has 0 amide bonds. The van der Waals surface area contributed by atoms with Crippen molar-refractivity contribution in [1.82, 2.24) is 0 Å². The molecule has 0 bridgehead atoms. The van der Waals surface area contributed by atoms with E-state index in [4.69, 9.17) is 23.2 Å². The Morgan fingerprint density at radius 1 is 1.10 bits per heavy atom. The molecule has 2 aromatic carbocycles. The Labute approximate surface area is 125 Å². The second-order valence-electron chi connectivity index (χ2n) is 4.11. The lowest BCUT2D eigenvalue weighted by Gasteiger charge is -2.09. The topological polar surface area (TPSA) is 40.9 Å². The van der Waals surface area contributed by atoms with Crippen LogP contribution in [0.3, 0.4) is 0 Å². The Bertz CT molecular complexity index is 692. The van der Waals surface area contributed by atoms with Crippen molar-refractivity contribution >= 4 is 29.0 Å². The van der Waals surface area contributed by atoms with Crippen LogP contribution in [0.15, 0.2) is 42.5 Å². The summed E-state index contributed by atoms with van der Waals surface area (Å²) in [6.45, 7) is 0. The molecule has 0 aliphatic heterocycles. The monoisotopic (exact) mass is 307 g/mol. The Morgan fingerprint density at radius 3 is 2.30 bits per heavy atom. The van der Waals surface area contributed by atoms with E-state index in [1.54, 1.807) is 0 Å². The van der Waals surface area contributed by atoms with Crippen molar-refractivity contribution in [2.45, 2.75) is 5.92 Å². The molecule has 0 heterocycles. The Morgan fingerprint density at radius 2 is 1.75 bits per heavy atom. The van der Waals surface area contributed by atoms with Crippen LogP contribution >= 0.6 is 23.2 Å². The van der Waals surface area contributed by atoms with Gasteiger partial charge < -0.3 is 0 Å². The third-order valence-electron chi connectivity index (χ3n) is 2.80. The fourth-order valence-electron chi connectivity index (χ4n) is 1.76. The summed E-state index contributed by atoms with van der Waals surface area (Å²) in [5.41, 5.74) is 0.722. The van der Waals surface area contributed by atoms with Crippen molar-refractivity contribution < 1.29 is 9.18 Å². The largest absolute Gasteiger partial charge is 0.292 e. The van der Waals surface area contributed by atoms with Crippen LogP contribution in [0, 0.1) is 17.1 Å². The van der Waals surface area contributed by atoms with Crippen LogP contribution in [0.25, 0.3) is 0 Å². The summed E-state index contributed by atoms with van der Waals surface area (Å²) in [6.07, 6.45) is 0. The van der Waals surface area contributed by atoms with Gasteiger partial charge in [0, 0.05) is 5.56 Å². The predicted octanol–water partition coefficient (Wildman–Crippen LogP) is 4.62. The molecule has 0 aliphatic rings. The number of Topliss-reactive ketones (excluding diaryl/α,β-unsaturated/α-hetero) is 1. The molecule has 0 aromatic heterocycles. The lowest BCUT2D eigenvalue weighted by atomic mass is 9.92. The fraction of sp³-hybridized carbons (Fsp3) is 0.0667. The summed E-state index contributed by atoms with van der Waals surface area (Å²) < 4.78 is 12.9. The minimum atomic E-state index is -1.01. The van der Waals surface area contributed by atoms with Gasteiger partial charge in [0.15, 0.2) is 5.78 Å². The van der Waals surface area contributed by atoms with Crippen LogP contribution in [0.5, 0.6) is 0 Å². The SMILES string of the molecule is N#CC(C(=O)c1ccc(Cl)c(Cl)c1)c1ccc(F)cc1. The lowest BCUT2D eigenvalue weighted by molar-refractivity contribution is 0.0979. The van der Waals surface area contributed by atoms with E-state index < -0.39 is 17.5 Å². The third-order valence-corrected chi connectivity index (χ3v) is 3.54. The number of hydrogen-bond acceptors (Lipinski definition) is 2. The van der Waals surface area contributed by atoms with Gasteiger partial charge in [-0.25, -0.2) is 4.39 Å². The highest BCUT2D eigenvalue weighted by Gasteiger charge is 2.22. The van der Waals surface area contributed by atoms with E-state index >= 15 is 0 Å². The number of halogens is 3. The van der Waals surface area contributed by atoms with Crippen molar-refractivity contribution in [3.8, 4) is 6.07 Å². The Hall–Kier alpha value is -1.89. The summed E-state index contributed by atoms with van der Waals surface area (Å²) in [6, 6.07) is 11.6. The van der Waals surface area contributed by atoms with E-state index in [1.807, 2.05) is 6.07 Å². The average molecular weight is 308 g/mol. The van der Waals surface area contributed by atoms with E-state index in [9.17, 15) is 14.4 Å². The molecular formula is C15H8Cl2FNO. The van der Waals surface area contributed by atoms with Gasteiger partial charge >= 0.3 is 0 Å². The van der Waals surface area contributed by atoms with E-state index in [0.29, 0.717) is 10.6 Å². The second kappa shape index (κ2) is 6.04. The van der Waals surface area contributed by atoms with Crippen molar-refractivity contribution in [3.05, 3.63) is 69.5 Å². The van der Waals surface area contributed by atoms with E-state index in [0.717, 1.165) is 0 Å². The van der Waals surface area contributed by atoms with Crippen molar-refractivity contribution in [3.63, 3.8) is 0 Å².